The first kappa shape index (κ1) is 15.2. The Bertz CT molecular complexity index is 389. The van der Waals surface area contributed by atoms with Crippen molar-refractivity contribution in [2.75, 3.05) is 13.1 Å². The van der Waals surface area contributed by atoms with Gasteiger partial charge in [-0.15, -0.1) is 11.3 Å². The van der Waals surface area contributed by atoms with Gasteiger partial charge in [0.15, 0.2) is 0 Å². The van der Waals surface area contributed by atoms with Gasteiger partial charge >= 0.3 is 0 Å². The summed E-state index contributed by atoms with van der Waals surface area (Å²) < 4.78 is 0. The van der Waals surface area contributed by atoms with Gasteiger partial charge in [0.2, 0.25) is 5.91 Å². The molecule has 0 aliphatic heterocycles. The van der Waals surface area contributed by atoms with Gasteiger partial charge in [0.25, 0.3) is 0 Å². The molecule has 0 aliphatic rings. The van der Waals surface area contributed by atoms with Crippen molar-refractivity contribution in [2.24, 2.45) is 0 Å². The molecule has 1 amide bonds. The predicted molar refractivity (Wildman–Crippen MR) is 77.1 cm³/mol. The van der Waals surface area contributed by atoms with Gasteiger partial charge in [0, 0.05) is 36.7 Å². The molecular weight excluding hydrogens is 244 g/mol. The molecule has 0 aromatic carbocycles. The van der Waals surface area contributed by atoms with Crippen LogP contribution in [0.15, 0.2) is 5.38 Å². The number of rotatable bonds is 5. The van der Waals surface area contributed by atoms with Gasteiger partial charge in [-0.1, -0.05) is 20.8 Å². The van der Waals surface area contributed by atoms with Gasteiger partial charge in [-0.25, -0.2) is 4.98 Å². The first-order chi connectivity index (χ1) is 8.38. The SMILES string of the molecule is CCN(CC)C(=O)CCc1nc(C(C)(C)C)cs1. The zero-order valence-electron chi connectivity index (χ0n) is 12.1. The Labute approximate surface area is 114 Å². The third-order valence-electron chi connectivity index (χ3n) is 2.99. The van der Waals surface area contributed by atoms with Crippen LogP contribution in [0, 0.1) is 0 Å². The molecule has 0 N–H and O–H groups in total. The molecule has 0 atom stereocenters. The Balaban J connectivity index is 2.54. The van der Waals surface area contributed by atoms with Crippen LogP contribution < -0.4 is 0 Å². The van der Waals surface area contributed by atoms with E-state index >= 15 is 0 Å². The Morgan fingerprint density at radius 3 is 2.39 bits per heavy atom. The van der Waals surface area contributed by atoms with E-state index in [-0.39, 0.29) is 11.3 Å². The number of amides is 1. The fourth-order valence-corrected chi connectivity index (χ4v) is 2.74. The molecule has 1 aromatic rings. The van der Waals surface area contributed by atoms with Crippen LogP contribution in [0.25, 0.3) is 0 Å². The first-order valence-corrected chi connectivity index (χ1v) is 7.49. The lowest BCUT2D eigenvalue weighted by Crippen LogP contribution is -2.30. The average molecular weight is 268 g/mol. The summed E-state index contributed by atoms with van der Waals surface area (Å²) in [7, 11) is 0. The van der Waals surface area contributed by atoms with Gasteiger partial charge in [0.1, 0.15) is 0 Å². The minimum absolute atomic E-state index is 0.0949. The number of hydrogen-bond donors (Lipinski definition) is 0. The number of nitrogens with zero attached hydrogens (tertiary/aromatic N) is 2. The molecule has 0 fully saturated rings. The maximum atomic E-state index is 11.9. The highest BCUT2D eigenvalue weighted by Crippen LogP contribution is 2.24. The lowest BCUT2D eigenvalue weighted by Gasteiger charge is -2.18. The van der Waals surface area contributed by atoms with E-state index in [1.54, 1.807) is 11.3 Å². The van der Waals surface area contributed by atoms with E-state index in [0.29, 0.717) is 6.42 Å². The van der Waals surface area contributed by atoms with Gasteiger partial charge < -0.3 is 4.90 Å². The van der Waals surface area contributed by atoms with Crippen molar-refractivity contribution in [3.8, 4) is 0 Å². The van der Waals surface area contributed by atoms with E-state index in [2.05, 4.69) is 31.1 Å². The van der Waals surface area contributed by atoms with E-state index in [4.69, 9.17) is 0 Å². The fourth-order valence-electron chi connectivity index (χ4n) is 1.72. The normalized spacial score (nSPS) is 11.6. The van der Waals surface area contributed by atoms with Gasteiger partial charge in [-0.05, 0) is 13.8 Å². The molecule has 102 valence electrons. The van der Waals surface area contributed by atoms with Crippen molar-refractivity contribution in [2.45, 2.75) is 52.9 Å². The van der Waals surface area contributed by atoms with E-state index in [1.165, 1.54) is 0 Å². The van der Waals surface area contributed by atoms with Crippen molar-refractivity contribution in [1.82, 2.24) is 9.88 Å². The predicted octanol–water partition coefficient (Wildman–Crippen LogP) is 3.24. The number of thiazole rings is 1. The summed E-state index contributed by atoms with van der Waals surface area (Å²) in [5.41, 5.74) is 1.22. The van der Waals surface area contributed by atoms with Crippen molar-refractivity contribution >= 4 is 17.2 Å². The van der Waals surface area contributed by atoms with Crippen molar-refractivity contribution in [3.63, 3.8) is 0 Å². The summed E-state index contributed by atoms with van der Waals surface area (Å²) >= 11 is 1.66. The van der Waals surface area contributed by atoms with Crippen molar-refractivity contribution in [1.29, 1.82) is 0 Å². The average Bonchev–Trinajstić information content (AvgIpc) is 2.76. The Hall–Kier alpha value is -0.900. The zero-order chi connectivity index (χ0) is 13.8. The topological polar surface area (TPSA) is 33.2 Å². The minimum Gasteiger partial charge on any atom is -0.343 e. The lowest BCUT2D eigenvalue weighted by atomic mass is 9.93. The minimum atomic E-state index is 0.0949. The molecule has 0 spiro atoms. The molecule has 0 unspecified atom stereocenters. The molecule has 1 aromatic heterocycles. The highest BCUT2D eigenvalue weighted by atomic mass is 32.1. The van der Waals surface area contributed by atoms with Crippen LogP contribution in [0.5, 0.6) is 0 Å². The molecule has 0 radical (unpaired) electrons. The van der Waals surface area contributed by atoms with Crippen molar-refractivity contribution < 1.29 is 4.79 Å². The van der Waals surface area contributed by atoms with Gasteiger partial charge in [-0.3, -0.25) is 4.79 Å². The summed E-state index contributed by atoms with van der Waals surface area (Å²) in [6.45, 7) is 12.1. The number of carbonyl (C=O) groups excluding carboxylic acids is 1. The number of aryl methyl sites for hydroxylation is 1. The van der Waals surface area contributed by atoms with Gasteiger partial charge in [-0.2, -0.15) is 0 Å². The smallest absolute Gasteiger partial charge is 0.222 e. The van der Waals surface area contributed by atoms with E-state index in [1.807, 2.05) is 18.7 Å². The lowest BCUT2D eigenvalue weighted by molar-refractivity contribution is -0.130. The molecular formula is C14H24N2OS. The fraction of sp³-hybridized carbons (Fsp3) is 0.714. The standard InChI is InChI=1S/C14H24N2OS/c1-6-16(7-2)13(17)9-8-12-15-11(10-18-12)14(3,4)5/h10H,6-9H2,1-5H3. The zero-order valence-corrected chi connectivity index (χ0v) is 12.9. The van der Waals surface area contributed by atoms with Crippen LogP contribution in [0.3, 0.4) is 0 Å². The maximum absolute atomic E-state index is 11.9. The maximum Gasteiger partial charge on any atom is 0.222 e. The third kappa shape index (κ3) is 4.09. The Morgan fingerprint density at radius 1 is 1.33 bits per heavy atom. The molecule has 0 saturated heterocycles. The quantitative estimate of drug-likeness (QED) is 0.821. The van der Waals surface area contributed by atoms with E-state index in [0.717, 1.165) is 30.2 Å². The molecule has 0 aliphatic carbocycles. The third-order valence-corrected chi connectivity index (χ3v) is 3.90. The van der Waals surface area contributed by atoms with Crippen LogP contribution in [0.2, 0.25) is 0 Å². The van der Waals surface area contributed by atoms with E-state index < -0.39 is 0 Å². The molecule has 3 nitrogen and oxygen atoms in total. The van der Waals surface area contributed by atoms with Crippen LogP contribution in [0.4, 0.5) is 0 Å². The molecule has 4 heteroatoms. The van der Waals surface area contributed by atoms with E-state index in [9.17, 15) is 4.79 Å². The summed E-state index contributed by atoms with van der Waals surface area (Å²) in [5, 5.41) is 3.18. The highest BCUT2D eigenvalue weighted by Gasteiger charge is 2.18. The number of hydrogen-bond acceptors (Lipinski definition) is 3. The summed E-state index contributed by atoms with van der Waals surface area (Å²) in [6.07, 6.45) is 1.33. The molecule has 1 heterocycles. The molecule has 18 heavy (non-hydrogen) atoms. The van der Waals surface area contributed by atoms with Crippen molar-refractivity contribution in [3.05, 3.63) is 16.1 Å². The second kappa shape index (κ2) is 6.32. The van der Waals surface area contributed by atoms with Crippen LogP contribution in [-0.2, 0) is 16.6 Å². The Morgan fingerprint density at radius 2 is 1.94 bits per heavy atom. The van der Waals surface area contributed by atoms with Crippen LogP contribution in [-0.4, -0.2) is 28.9 Å². The molecule has 1 rings (SSSR count). The number of aromatic nitrogens is 1. The Kier molecular flexibility index (Phi) is 5.32. The monoisotopic (exact) mass is 268 g/mol. The summed E-state index contributed by atoms with van der Waals surface area (Å²) in [6, 6.07) is 0. The van der Waals surface area contributed by atoms with Gasteiger partial charge in [0.05, 0.1) is 10.7 Å². The molecule has 0 saturated carbocycles. The summed E-state index contributed by atoms with van der Waals surface area (Å²) in [4.78, 5) is 18.4. The van der Waals surface area contributed by atoms with Crippen LogP contribution >= 0.6 is 11.3 Å². The number of carbonyl (C=O) groups is 1. The second-order valence-electron chi connectivity index (χ2n) is 5.44. The summed E-state index contributed by atoms with van der Waals surface area (Å²) in [5.74, 6) is 0.229. The largest absolute Gasteiger partial charge is 0.343 e. The first-order valence-electron chi connectivity index (χ1n) is 6.61. The highest BCUT2D eigenvalue weighted by molar-refractivity contribution is 7.09. The molecule has 0 bridgehead atoms. The van der Waals surface area contributed by atoms with Crippen LogP contribution in [0.1, 0.15) is 51.7 Å². The second-order valence-corrected chi connectivity index (χ2v) is 6.39.